The number of hydrogen-bond donors (Lipinski definition) is 1. The minimum atomic E-state index is 0.423. The van der Waals surface area contributed by atoms with Crippen LogP contribution in [0.15, 0.2) is 30.6 Å². The molecule has 0 unspecified atom stereocenters. The number of imidazole rings is 1. The van der Waals surface area contributed by atoms with Crippen LogP contribution < -0.4 is 5.32 Å². The number of ether oxygens (including phenoxy) is 1. The Labute approximate surface area is 192 Å². The SMILES string of the molecule is Cc1nc2ccc(-c3ccn4nc(N[C@H]5CC[C@H](N6CCOCC6)CC5)ncc34)nc2n1C. The number of aromatic nitrogens is 6. The molecule has 4 aromatic heterocycles. The Morgan fingerprint density at radius 3 is 2.67 bits per heavy atom. The van der Waals surface area contributed by atoms with Crippen LogP contribution in [0.25, 0.3) is 27.9 Å². The molecule has 1 saturated heterocycles. The Kier molecular flexibility index (Phi) is 5.22. The van der Waals surface area contributed by atoms with Gasteiger partial charge in [-0.3, -0.25) is 4.90 Å². The maximum absolute atomic E-state index is 5.50. The van der Waals surface area contributed by atoms with E-state index < -0.39 is 0 Å². The zero-order valence-electron chi connectivity index (χ0n) is 19.2. The van der Waals surface area contributed by atoms with Gasteiger partial charge in [0.1, 0.15) is 11.3 Å². The highest BCUT2D eigenvalue weighted by Gasteiger charge is 2.27. The van der Waals surface area contributed by atoms with Crippen molar-refractivity contribution < 1.29 is 4.74 Å². The lowest BCUT2D eigenvalue weighted by atomic mass is 9.90. The molecular weight excluding hydrogens is 416 g/mol. The van der Waals surface area contributed by atoms with Crippen LogP contribution in [0.5, 0.6) is 0 Å². The molecule has 0 amide bonds. The highest BCUT2D eigenvalue weighted by molar-refractivity contribution is 5.82. The number of nitrogens with one attached hydrogen (secondary N) is 1. The van der Waals surface area contributed by atoms with Crippen LogP contribution in [0, 0.1) is 6.92 Å². The van der Waals surface area contributed by atoms with Gasteiger partial charge >= 0.3 is 0 Å². The fourth-order valence-electron chi connectivity index (χ4n) is 5.22. The topological polar surface area (TPSA) is 85.4 Å². The molecule has 0 atom stereocenters. The summed E-state index contributed by atoms with van der Waals surface area (Å²) in [6, 6.07) is 7.21. The zero-order chi connectivity index (χ0) is 22.4. The molecule has 1 saturated carbocycles. The molecule has 0 aromatic carbocycles. The lowest BCUT2D eigenvalue weighted by Crippen LogP contribution is -2.46. The van der Waals surface area contributed by atoms with Crippen LogP contribution in [-0.2, 0) is 11.8 Å². The first-order valence-corrected chi connectivity index (χ1v) is 11.9. The van der Waals surface area contributed by atoms with Crippen LogP contribution in [-0.4, -0.2) is 72.4 Å². The van der Waals surface area contributed by atoms with Gasteiger partial charge in [0.15, 0.2) is 5.65 Å². The number of fused-ring (bicyclic) bond motifs is 2. The molecule has 0 bridgehead atoms. The fraction of sp³-hybridized carbons (Fsp3) is 0.500. The third kappa shape index (κ3) is 3.85. The maximum Gasteiger partial charge on any atom is 0.241 e. The summed E-state index contributed by atoms with van der Waals surface area (Å²) in [7, 11) is 1.99. The maximum atomic E-state index is 5.50. The largest absolute Gasteiger partial charge is 0.379 e. The van der Waals surface area contributed by atoms with Crippen molar-refractivity contribution in [3.63, 3.8) is 0 Å². The second-order valence-corrected chi connectivity index (χ2v) is 9.20. The van der Waals surface area contributed by atoms with Crippen LogP contribution in [0.2, 0.25) is 0 Å². The molecule has 6 rings (SSSR count). The number of rotatable bonds is 4. The minimum Gasteiger partial charge on any atom is -0.379 e. The molecule has 1 aliphatic heterocycles. The highest BCUT2D eigenvalue weighted by Crippen LogP contribution is 2.28. The predicted octanol–water partition coefficient (Wildman–Crippen LogP) is 3.04. The van der Waals surface area contributed by atoms with Gasteiger partial charge in [0.2, 0.25) is 5.95 Å². The summed E-state index contributed by atoms with van der Waals surface area (Å²) in [5.41, 5.74) is 4.67. The Bertz CT molecular complexity index is 1280. The van der Waals surface area contributed by atoms with Crippen molar-refractivity contribution in [1.29, 1.82) is 0 Å². The summed E-state index contributed by atoms with van der Waals surface area (Å²) in [6.45, 7) is 5.87. The van der Waals surface area contributed by atoms with E-state index in [0.29, 0.717) is 18.0 Å². The van der Waals surface area contributed by atoms with Crippen LogP contribution >= 0.6 is 0 Å². The molecule has 2 aliphatic rings. The molecule has 2 fully saturated rings. The highest BCUT2D eigenvalue weighted by atomic mass is 16.5. The van der Waals surface area contributed by atoms with Crippen LogP contribution in [0.3, 0.4) is 0 Å². The third-order valence-electron chi connectivity index (χ3n) is 7.22. The first kappa shape index (κ1) is 20.6. The molecule has 1 aliphatic carbocycles. The van der Waals surface area contributed by atoms with E-state index in [1.165, 1.54) is 12.8 Å². The number of anilines is 1. The van der Waals surface area contributed by atoms with E-state index >= 15 is 0 Å². The van der Waals surface area contributed by atoms with Gasteiger partial charge in [-0.25, -0.2) is 19.5 Å². The van der Waals surface area contributed by atoms with Crippen molar-refractivity contribution >= 4 is 22.6 Å². The van der Waals surface area contributed by atoms with Crippen LogP contribution in [0.4, 0.5) is 5.95 Å². The summed E-state index contributed by atoms with van der Waals surface area (Å²) < 4.78 is 9.41. The summed E-state index contributed by atoms with van der Waals surface area (Å²) in [4.78, 5) is 16.6. The van der Waals surface area contributed by atoms with Gasteiger partial charge in [0.25, 0.3) is 0 Å². The summed E-state index contributed by atoms with van der Waals surface area (Å²) in [5.74, 6) is 1.64. The Morgan fingerprint density at radius 1 is 1.03 bits per heavy atom. The molecule has 5 heterocycles. The molecular formula is C24H30N8O. The lowest BCUT2D eigenvalue weighted by Gasteiger charge is -2.38. The number of pyridine rings is 1. The molecule has 172 valence electrons. The van der Waals surface area contributed by atoms with Crippen molar-refractivity contribution in [2.75, 3.05) is 31.6 Å². The Balaban J connectivity index is 1.17. The summed E-state index contributed by atoms with van der Waals surface area (Å²) >= 11 is 0. The fourth-order valence-corrected chi connectivity index (χ4v) is 5.22. The van der Waals surface area contributed by atoms with E-state index in [0.717, 1.165) is 72.9 Å². The van der Waals surface area contributed by atoms with E-state index in [1.807, 2.05) is 47.6 Å². The van der Waals surface area contributed by atoms with Crippen molar-refractivity contribution in [2.45, 2.75) is 44.7 Å². The average Bonchev–Trinajstić information content (AvgIpc) is 3.40. The number of nitrogens with zero attached hydrogens (tertiary/aromatic N) is 7. The molecule has 4 aromatic rings. The van der Waals surface area contributed by atoms with Gasteiger partial charge in [-0.15, -0.1) is 5.10 Å². The monoisotopic (exact) mass is 446 g/mol. The van der Waals surface area contributed by atoms with Crippen LogP contribution in [0.1, 0.15) is 31.5 Å². The molecule has 0 spiro atoms. The van der Waals surface area contributed by atoms with Gasteiger partial charge in [-0.2, -0.15) is 0 Å². The van der Waals surface area contributed by atoms with Gasteiger partial charge in [0, 0.05) is 44.0 Å². The first-order valence-electron chi connectivity index (χ1n) is 11.9. The van der Waals surface area contributed by atoms with E-state index in [2.05, 4.69) is 26.3 Å². The van der Waals surface area contributed by atoms with Crippen molar-refractivity contribution in [3.8, 4) is 11.3 Å². The van der Waals surface area contributed by atoms with Crippen molar-refractivity contribution in [2.24, 2.45) is 7.05 Å². The smallest absolute Gasteiger partial charge is 0.241 e. The third-order valence-corrected chi connectivity index (χ3v) is 7.22. The second kappa shape index (κ2) is 8.39. The number of aryl methyl sites for hydroxylation is 2. The van der Waals surface area contributed by atoms with Crippen molar-refractivity contribution in [3.05, 3.63) is 36.4 Å². The van der Waals surface area contributed by atoms with E-state index in [1.54, 1.807) is 0 Å². The summed E-state index contributed by atoms with van der Waals surface area (Å²) in [6.07, 6.45) is 8.60. The van der Waals surface area contributed by atoms with Gasteiger partial charge < -0.3 is 14.6 Å². The number of morpholine rings is 1. The molecule has 33 heavy (non-hydrogen) atoms. The van der Waals surface area contributed by atoms with E-state index in [4.69, 9.17) is 14.8 Å². The Hall–Kier alpha value is -3.04. The molecule has 0 radical (unpaired) electrons. The van der Waals surface area contributed by atoms with E-state index in [-0.39, 0.29) is 0 Å². The van der Waals surface area contributed by atoms with Crippen molar-refractivity contribution in [1.82, 2.24) is 34.0 Å². The van der Waals surface area contributed by atoms with E-state index in [9.17, 15) is 0 Å². The average molecular weight is 447 g/mol. The molecule has 9 heteroatoms. The standard InChI is InChI=1S/C24H30N8O/c1-16-26-21-8-7-20(28-23(21)30(16)2)19-9-10-32-22(19)15-25-24(29-32)27-17-3-5-18(6-4-17)31-11-13-33-14-12-31/h7-10,15,17-18H,3-6,11-14H2,1-2H3,(H,27,29)/t17-,18-. The van der Waals surface area contributed by atoms with Gasteiger partial charge in [0.05, 0.1) is 30.6 Å². The normalized spacial score (nSPS) is 22.2. The zero-order valence-corrected chi connectivity index (χ0v) is 19.2. The Morgan fingerprint density at radius 2 is 1.85 bits per heavy atom. The predicted molar refractivity (Wildman–Crippen MR) is 127 cm³/mol. The number of hydrogen-bond acceptors (Lipinski definition) is 7. The molecule has 1 N–H and O–H groups in total. The minimum absolute atomic E-state index is 0.423. The lowest BCUT2D eigenvalue weighted by molar-refractivity contribution is 0.00790. The van der Waals surface area contributed by atoms with Gasteiger partial charge in [-0.05, 0) is 50.8 Å². The molecule has 9 nitrogen and oxygen atoms in total. The summed E-state index contributed by atoms with van der Waals surface area (Å²) in [5, 5.41) is 8.30. The quantitative estimate of drug-likeness (QED) is 0.516. The first-order chi connectivity index (χ1) is 16.2. The second-order valence-electron chi connectivity index (χ2n) is 9.20. The van der Waals surface area contributed by atoms with Gasteiger partial charge in [-0.1, -0.05) is 0 Å².